The summed E-state index contributed by atoms with van der Waals surface area (Å²) in [4.78, 5) is 0. The van der Waals surface area contributed by atoms with Crippen LogP contribution in [0.2, 0.25) is 0 Å². The summed E-state index contributed by atoms with van der Waals surface area (Å²) in [6.07, 6.45) is 0. The van der Waals surface area contributed by atoms with Crippen LogP contribution in [0.1, 0.15) is 12.5 Å². The van der Waals surface area contributed by atoms with Gasteiger partial charge in [0.1, 0.15) is 19.6 Å². The summed E-state index contributed by atoms with van der Waals surface area (Å²) < 4.78 is 0.747. The first-order valence-corrected chi connectivity index (χ1v) is 5.87. The molecule has 0 saturated heterocycles. The zero-order valence-corrected chi connectivity index (χ0v) is 11.1. The Bertz CT molecular complexity index is 287. The van der Waals surface area contributed by atoms with E-state index >= 15 is 0 Å². The fourth-order valence-electron chi connectivity index (χ4n) is 2.09. The second-order valence-electron chi connectivity index (χ2n) is 4.20. The van der Waals surface area contributed by atoms with Gasteiger partial charge < -0.3 is 27.1 Å². The van der Waals surface area contributed by atoms with Gasteiger partial charge in [-0.05, 0) is 6.92 Å². The van der Waals surface area contributed by atoms with E-state index in [0.717, 1.165) is 17.6 Å². The average Bonchev–Trinajstić information content (AvgIpc) is 2.31. The molecule has 0 heterocycles. The van der Waals surface area contributed by atoms with Crippen molar-refractivity contribution in [2.24, 2.45) is 0 Å². The molecule has 0 unspecified atom stereocenters. The fourth-order valence-corrected chi connectivity index (χ4v) is 2.09. The van der Waals surface area contributed by atoms with Crippen molar-refractivity contribution >= 4 is 0 Å². The molecular formula is C13H22ClNO2. The third-order valence-electron chi connectivity index (χ3n) is 3.18. The third kappa shape index (κ3) is 5.04. The first-order valence-electron chi connectivity index (χ1n) is 5.87. The standard InChI is InChI=1S/C13H22NO2.ClH/c1-2-14(8-10-15,9-11-16)12-13-6-4-3-5-7-13;/h3-7,15-16H,2,8-12H2,1H3;1H/q+1;/p-1. The van der Waals surface area contributed by atoms with E-state index in [-0.39, 0.29) is 25.6 Å². The van der Waals surface area contributed by atoms with Crippen molar-refractivity contribution < 1.29 is 27.1 Å². The van der Waals surface area contributed by atoms with Gasteiger partial charge in [0.15, 0.2) is 0 Å². The maximum Gasteiger partial charge on any atom is 0.104 e. The van der Waals surface area contributed by atoms with Crippen molar-refractivity contribution in [1.82, 2.24) is 0 Å². The maximum atomic E-state index is 9.14. The molecule has 1 aromatic carbocycles. The maximum absolute atomic E-state index is 9.14. The van der Waals surface area contributed by atoms with E-state index in [4.69, 9.17) is 10.2 Å². The van der Waals surface area contributed by atoms with Crippen molar-refractivity contribution in [3.63, 3.8) is 0 Å². The van der Waals surface area contributed by atoms with Crippen molar-refractivity contribution in [3.05, 3.63) is 35.9 Å². The molecule has 0 aromatic heterocycles. The van der Waals surface area contributed by atoms with E-state index in [1.54, 1.807) is 0 Å². The van der Waals surface area contributed by atoms with Gasteiger partial charge in [-0.3, -0.25) is 0 Å². The second kappa shape index (κ2) is 8.48. The molecule has 4 heteroatoms. The third-order valence-corrected chi connectivity index (χ3v) is 3.18. The number of aliphatic hydroxyl groups is 2. The monoisotopic (exact) mass is 259 g/mol. The lowest BCUT2D eigenvalue weighted by atomic mass is 10.1. The van der Waals surface area contributed by atoms with Crippen molar-refractivity contribution in [3.8, 4) is 0 Å². The molecule has 0 aliphatic rings. The zero-order chi connectivity index (χ0) is 11.9. The van der Waals surface area contributed by atoms with Gasteiger partial charge in [0.25, 0.3) is 0 Å². The molecule has 0 radical (unpaired) electrons. The van der Waals surface area contributed by atoms with Gasteiger partial charge in [-0.1, -0.05) is 30.3 Å². The van der Waals surface area contributed by atoms with Crippen LogP contribution in [0, 0.1) is 0 Å². The van der Waals surface area contributed by atoms with E-state index in [0.29, 0.717) is 13.1 Å². The topological polar surface area (TPSA) is 40.5 Å². The summed E-state index contributed by atoms with van der Waals surface area (Å²) in [6, 6.07) is 10.2. The smallest absolute Gasteiger partial charge is 0.104 e. The molecule has 0 aliphatic heterocycles. The van der Waals surface area contributed by atoms with Crippen LogP contribution < -0.4 is 12.4 Å². The van der Waals surface area contributed by atoms with Crippen LogP contribution >= 0.6 is 0 Å². The van der Waals surface area contributed by atoms with Gasteiger partial charge in [-0.15, -0.1) is 0 Å². The largest absolute Gasteiger partial charge is 1.00 e. The van der Waals surface area contributed by atoms with E-state index in [2.05, 4.69) is 19.1 Å². The number of hydrogen-bond acceptors (Lipinski definition) is 2. The van der Waals surface area contributed by atoms with Gasteiger partial charge >= 0.3 is 0 Å². The number of aliphatic hydroxyl groups excluding tert-OH is 2. The Balaban J connectivity index is 0.00000256. The van der Waals surface area contributed by atoms with Crippen LogP contribution in [-0.2, 0) is 6.54 Å². The second-order valence-corrected chi connectivity index (χ2v) is 4.20. The molecule has 0 bridgehead atoms. The number of halogens is 1. The van der Waals surface area contributed by atoms with E-state index < -0.39 is 0 Å². The van der Waals surface area contributed by atoms with Gasteiger partial charge in [0, 0.05) is 5.56 Å². The Labute approximate surface area is 110 Å². The van der Waals surface area contributed by atoms with Gasteiger partial charge in [0.2, 0.25) is 0 Å². The lowest BCUT2D eigenvalue weighted by Crippen LogP contribution is -3.00. The van der Waals surface area contributed by atoms with Crippen LogP contribution in [-0.4, -0.2) is 47.5 Å². The van der Waals surface area contributed by atoms with Crippen molar-refractivity contribution in [2.75, 3.05) is 32.8 Å². The molecule has 17 heavy (non-hydrogen) atoms. The predicted molar refractivity (Wildman–Crippen MR) is 64.9 cm³/mol. The highest BCUT2D eigenvalue weighted by atomic mass is 35.5. The summed E-state index contributed by atoms with van der Waals surface area (Å²) in [5.74, 6) is 0. The van der Waals surface area contributed by atoms with Gasteiger partial charge in [-0.2, -0.15) is 0 Å². The number of quaternary nitrogens is 1. The number of hydrogen-bond donors (Lipinski definition) is 2. The Hall–Kier alpha value is -0.610. The Kier molecular flexibility index (Phi) is 8.17. The minimum Gasteiger partial charge on any atom is -1.00 e. The molecular weight excluding hydrogens is 238 g/mol. The number of likely N-dealkylation sites (N-methyl/N-ethyl adjacent to an activating group) is 1. The molecule has 0 atom stereocenters. The molecule has 0 spiro atoms. The summed E-state index contributed by atoms with van der Waals surface area (Å²) in [7, 11) is 0. The van der Waals surface area contributed by atoms with Crippen LogP contribution in [0.4, 0.5) is 0 Å². The summed E-state index contributed by atoms with van der Waals surface area (Å²) in [6.45, 7) is 5.64. The molecule has 2 N–H and O–H groups in total. The Morgan fingerprint density at radius 2 is 1.53 bits per heavy atom. The molecule has 0 saturated carbocycles. The summed E-state index contributed by atoms with van der Waals surface area (Å²) in [5, 5.41) is 18.3. The number of benzene rings is 1. The molecule has 98 valence electrons. The lowest BCUT2D eigenvalue weighted by molar-refractivity contribution is -0.939. The van der Waals surface area contributed by atoms with Crippen LogP contribution in [0.5, 0.6) is 0 Å². The minimum absolute atomic E-state index is 0. The van der Waals surface area contributed by atoms with Crippen molar-refractivity contribution in [2.45, 2.75) is 13.5 Å². The normalized spacial score (nSPS) is 11.0. The highest BCUT2D eigenvalue weighted by Gasteiger charge is 2.24. The molecule has 0 aliphatic carbocycles. The molecule has 0 fully saturated rings. The molecule has 1 rings (SSSR count). The first kappa shape index (κ1) is 16.4. The van der Waals surface area contributed by atoms with Crippen LogP contribution in [0.15, 0.2) is 30.3 Å². The van der Waals surface area contributed by atoms with Crippen LogP contribution in [0.25, 0.3) is 0 Å². The first-order chi connectivity index (χ1) is 7.76. The highest BCUT2D eigenvalue weighted by Crippen LogP contribution is 2.13. The highest BCUT2D eigenvalue weighted by molar-refractivity contribution is 5.13. The predicted octanol–water partition coefficient (Wildman–Crippen LogP) is -1.99. The summed E-state index contributed by atoms with van der Waals surface area (Å²) >= 11 is 0. The number of rotatable bonds is 7. The Morgan fingerprint density at radius 1 is 1.00 bits per heavy atom. The van der Waals surface area contributed by atoms with Gasteiger partial charge in [-0.25, -0.2) is 0 Å². The van der Waals surface area contributed by atoms with Crippen molar-refractivity contribution in [1.29, 1.82) is 0 Å². The number of nitrogens with zero attached hydrogens (tertiary/aromatic N) is 1. The Morgan fingerprint density at radius 3 is 1.94 bits per heavy atom. The average molecular weight is 260 g/mol. The van der Waals surface area contributed by atoms with Gasteiger partial charge in [0.05, 0.1) is 19.8 Å². The zero-order valence-electron chi connectivity index (χ0n) is 10.3. The molecule has 0 amide bonds. The van der Waals surface area contributed by atoms with E-state index in [1.807, 2.05) is 18.2 Å². The molecule has 1 aromatic rings. The SMILES string of the molecule is CC[N+](CCO)(CCO)Cc1ccccc1.[Cl-]. The lowest BCUT2D eigenvalue weighted by Gasteiger charge is -2.37. The minimum atomic E-state index is 0. The van der Waals surface area contributed by atoms with E-state index in [1.165, 1.54) is 5.56 Å². The molecule has 3 nitrogen and oxygen atoms in total. The van der Waals surface area contributed by atoms with E-state index in [9.17, 15) is 0 Å². The van der Waals surface area contributed by atoms with Crippen LogP contribution in [0.3, 0.4) is 0 Å². The quantitative estimate of drug-likeness (QED) is 0.557. The summed E-state index contributed by atoms with van der Waals surface area (Å²) in [5.41, 5.74) is 1.26. The fraction of sp³-hybridized carbons (Fsp3) is 0.538.